The summed E-state index contributed by atoms with van der Waals surface area (Å²) in [6.07, 6.45) is 19.1. The van der Waals surface area contributed by atoms with Crippen molar-refractivity contribution in [1.82, 2.24) is 0 Å². The maximum atomic E-state index is 5.85. The molecule has 2 atom stereocenters. The third-order valence-corrected chi connectivity index (χ3v) is 6.12. The van der Waals surface area contributed by atoms with Gasteiger partial charge in [-0.15, -0.1) is 0 Å². The summed E-state index contributed by atoms with van der Waals surface area (Å²) in [6.45, 7) is 5.37. The molecule has 1 heterocycles. The summed E-state index contributed by atoms with van der Waals surface area (Å²) < 4.78 is 23.0. The molecule has 1 aliphatic heterocycles. The monoisotopic (exact) mass is 448 g/mol. The molecule has 4 heteroatoms. The smallest absolute Gasteiger partial charge is 0.181 e. The highest BCUT2D eigenvalue weighted by Gasteiger charge is 2.26. The first-order chi connectivity index (χ1) is 15.9. The summed E-state index contributed by atoms with van der Waals surface area (Å²) in [5.41, 5.74) is 1.18. The number of unbranched alkanes of at least 4 members (excludes halogenated alkanes) is 13. The van der Waals surface area contributed by atoms with Crippen LogP contribution >= 0.6 is 0 Å². The van der Waals surface area contributed by atoms with E-state index >= 15 is 0 Å². The van der Waals surface area contributed by atoms with Crippen LogP contribution in [0.25, 0.3) is 0 Å². The molecule has 1 fully saturated rings. The van der Waals surface area contributed by atoms with E-state index < -0.39 is 0 Å². The Kier molecular flexibility index (Phi) is 16.7. The lowest BCUT2D eigenvalue weighted by Gasteiger charge is -2.12. The van der Waals surface area contributed by atoms with Crippen molar-refractivity contribution in [3.8, 4) is 0 Å². The van der Waals surface area contributed by atoms with E-state index in [1.807, 2.05) is 18.2 Å². The van der Waals surface area contributed by atoms with Crippen molar-refractivity contribution >= 4 is 0 Å². The molecule has 0 amide bonds. The molecule has 1 aromatic rings. The Morgan fingerprint density at radius 1 is 0.719 bits per heavy atom. The fourth-order valence-electron chi connectivity index (χ4n) is 4.14. The van der Waals surface area contributed by atoms with Crippen LogP contribution in [0.4, 0.5) is 0 Å². The van der Waals surface area contributed by atoms with E-state index in [1.165, 1.54) is 89.0 Å². The first kappa shape index (κ1) is 27.3. The van der Waals surface area contributed by atoms with Gasteiger partial charge in [0.25, 0.3) is 0 Å². The van der Waals surface area contributed by atoms with Gasteiger partial charge in [0.05, 0.1) is 26.4 Å². The van der Waals surface area contributed by atoms with Crippen LogP contribution in [-0.4, -0.2) is 38.8 Å². The summed E-state index contributed by atoms with van der Waals surface area (Å²) >= 11 is 0. The lowest BCUT2D eigenvalue weighted by atomic mass is 10.0. The highest BCUT2D eigenvalue weighted by Crippen LogP contribution is 2.15. The maximum Gasteiger partial charge on any atom is 0.181 e. The van der Waals surface area contributed by atoms with Gasteiger partial charge >= 0.3 is 0 Å². The predicted octanol–water partition coefficient (Wildman–Crippen LogP) is 7.44. The van der Waals surface area contributed by atoms with Crippen LogP contribution < -0.4 is 0 Å². The first-order valence-electron chi connectivity index (χ1n) is 13.3. The van der Waals surface area contributed by atoms with Gasteiger partial charge in [-0.2, -0.15) is 0 Å². The van der Waals surface area contributed by atoms with Crippen LogP contribution in [-0.2, 0) is 25.6 Å². The van der Waals surface area contributed by atoms with Gasteiger partial charge in [0.2, 0.25) is 0 Å². The molecular weight excluding hydrogens is 400 g/mol. The summed E-state index contributed by atoms with van der Waals surface area (Å²) in [6, 6.07) is 10.2. The zero-order valence-electron chi connectivity index (χ0n) is 20.6. The molecule has 2 rings (SSSR count). The first-order valence-corrected chi connectivity index (χ1v) is 13.3. The van der Waals surface area contributed by atoms with Crippen LogP contribution in [0.3, 0.4) is 0 Å². The van der Waals surface area contributed by atoms with Gasteiger partial charge in [-0.1, -0.05) is 121 Å². The second-order valence-corrected chi connectivity index (χ2v) is 9.19. The fraction of sp³-hybridized carbons (Fsp3) is 0.786. The molecular formula is C28H48O4. The maximum absolute atomic E-state index is 5.85. The third kappa shape index (κ3) is 14.3. The normalized spacial score (nSPS) is 18.4. The van der Waals surface area contributed by atoms with Crippen LogP contribution in [0.15, 0.2) is 30.3 Å². The minimum atomic E-state index is -0.244. The van der Waals surface area contributed by atoms with Gasteiger partial charge in [0, 0.05) is 6.61 Å². The van der Waals surface area contributed by atoms with Crippen LogP contribution in [0.1, 0.15) is 102 Å². The molecule has 0 saturated carbocycles. The molecule has 0 N–H and O–H groups in total. The number of benzene rings is 1. The van der Waals surface area contributed by atoms with Crippen molar-refractivity contribution < 1.29 is 18.9 Å². The molecule has 1 aliphatic rings. The second kappa shape index (κ2) is 19.5. The van der Waals surface area contributed by atoms with Gasteiger partial charge in [0.15, 0.2) is 6.29 Å². The van der Waals surface area contributed by atoms with Gasteiger partial charge in [0.1, 0.15) is 6.10 Å². The third-order valence-electron chi connectivity index (χ3n) is 6.12. The van der Waals surface area contributed by atoms with Gasteiger partial charge in [-0.3, -0.25) is 0 Å². The van der Waals surface area contributed by atoms with E-state index in [1.54, 1.807) is 0 Å². The Morgan fingerprint density at radius 2 is 1.31 bits per heavy atom. The molecule has 0 aliphatic carbocycles. The van der Waals surface area contributed by atoms with E-state index in [2.05, 4.69) is 19.1 Å². The molecule has 0 bridgehead atoms. The second-order valence-electron chi connectivity index (χ2n) is 9.19. The molecule has 4 nitrogen and oxygen atoms in total. The van der Waals surface area contributed by atoms with Gasteiger partial charge < -0.3 is 18.9 Å². The Balaban J connectivity index is 1.28. The predicted molar refractivity (Wildman–Crippen MR) is 132 cm³/mol. The van der Waals surface area contributed by atoms with E-state index in [4.69, 9.17) is 18.9 Å². The molecule has 0 aromatic heterocycles. The van der Waals surface area contributed by atoms with Crippen molar-refractivity contribution in [2.45, 2.75) is 116 Å². The number of ether oxygens (including phenoxy) is 4. The quantitative estimate of drug-likeness (QED) is 0.183. The lowest BCUT2D eigenvalue weighted by Crippen LogP contribution is -2.21. The molecule has 1 aromatic carbocycles. The average molecular weight is 449 g/mol. The van der Waals surface area contributed by atoms with Crippen LogP contribution in [0.5, 0.6) is 0 Å². The van der Waals surface area contributed by atoms with Crippen molar-refractivity contribution in [1.29, 1.82) is 0 Å². The SMILES string of the molecule is CCCCCCCCCCCCCCCCOCC1OCC(COCc2ccccc2)O1. The van der Waals surface area contributed by atoms with E-state index in [9.17, 15) is 0 Å². The standard InChI is InChI=1S/C28H48O4/c1-2-3-4-5-6-7-8-9-10-11-12-13-14-18-21-29-25-28-31-24-27(32-28)23-30-22-26-19-16-15-17-20-26/h15-17,19-20,27-28H,2-14,18,21-25H2,1H3. The van der Waals surface area contributed by atoms with E-state index in [0.29, 0.717) is 26.4 Å². The van der Waals surface area contributed by atoms with Crippen molar-refractivity contribution in [2.75, 3.05) is 26.4 Å². The largest absolute Gasteiger partial charge is 0.376 e. The van der Waals surface area contributed by atoms with Crippen LogP contribution in [0, 0.1) is 0 Å². The molecule has 32 heavy (non-hydrogen) atoms. The highest BCUT2D eigenvalue weighted by atomic mass is 16.7. The van der Waals surface area contributed by atoms with Crippen molar-refractivity contribution in [3.05, 3.63) is 35.9 Å². The van der Waals surface area contributed by atoms with Gasteiger partial charge in [-0.25, -0.2) is 0 Å². The number of hydrogen-bond acceptors (Lipinski definition) is 4. The van der Waals surface area contributed by atoms with Crippen molar-refractivity contribution in [2.24, 2.45) is 0 Å². The Morgan fingerprint density at radius 3 is 1.94 bits per heavy atom. The minimum absolute atomic E-state index is 0.00775. The Bertz CT molecular complexity index is 521. The average Bonchev–Trinajstić information content (AvgIpc) is 3.27. The van der Waals surface area contributed by atoms with Crippen molar-refractivity contribution in [3.63, 3.8) is 0 Å². The number of rotatable bonds is 21. The minimum Gasteiger partial charge on any atom is -0.376 e. The summed E-state index contributed by atoms with van der Waals surface area (Å²) in [5.74, 6) is 0. The molecule has 2 unspecified atom stereocenters. The molecule has 0 spiro atoms. The molecule has 1 saturated heterocycles. The highest BCUT2D eigenvalue weighted by molar-refractivity contribution is 5.13. The fourth-order valence-corrected chi connectivity index (χ4v) is 4.14. The zero-order valence-corrected chi connectivity index (χ0v) is 20.6. The van der Waals surface area contributed by atoms with Crippen LogP contribution in [0.2, 0.25) is 0 Å². The molecule has 0 radical (unpaired) electrons. The Hall–Kier alpha value is -0.940. The topological polar surface area (TPSA) is 36.9 Å². The van der Waals surface area contributed by atoms with E-state index in [0.717, 1.165) is 13.0 Å². The summed E-state index contributed by atoms with van der Waals surface area (Å²) in [7, 11) is 0. The summed E-state index contributed by atoms with van der Waals surface area (Å²) in [5, 5.41) is 0. The van der Waals surface area contributed by atoms with E-state index in [-0.39, 0.29) is 12.4 Å². The number of hydrogen-bond donors (Lipinski definition) is 0. The summed E-state index contributed by atoms with van der Waals surface area (Å²) in [4.78, 5) is 0. The van der Waals surface area contributed by atoms with Gasteiger partial charge in [-0.05, 0) is 12.0 Å². The zero-order chi connectivity index (χ0) is 22.5. The Labute approximate surface area is 197 Å². The lowest BCUT2D eigenvalue weighted by molar-refractivity contribution is -0.113. The molecule has 184 valence electrons.